The van der Waals surface area contributed by atoms with Crippen LogP contribution in [0, 0.1) is 0 Å². The fraction of sp³-hybridized carbons (Fsp3) is 0.684. The van der Waals surface area contributed by atoms with Crippen LogP contribution in [0.15, 0.2) is 23.5 Å². The van der Waals surface area contributed by atoms with Crippen LogP contribution in [-0.2, 0) is 4.74 Å². The van der Waals surface area contributed by atoms with Crippen molar-refractivity contribution in [2.45, 2.75) is 39.7 Å². The zero-order valence-corrected chi connectivity index (χ0v) is 20.2. The Morgan fingerprint density at radius 2 is 1.83 bits per heavy atom. The van der Waals surface area contributed by atoms with E-state index < -0.39 is 5.60 Å². The molecule has 0 aromatic carbocycles. The van der Waals surface area contributed by atoms with E-state index in [9.17, 15) is 4.79 Å². The first-order valence-electron chi connectivity index (χ1n) is 9.91. The Bertz CT molecular complexity index is 629. The van der Waals surface area contributed by atoms with Crippen LogP contribution in [0.5, 0.6) is 0 Å². The van der Waals surface area contributed by atoms with Gasteiger partial charge in [-0.05, 0) is 40.2 Å². The van der Waals surface area contributed by atoms with Crippen LogP contribution >= 0.6 is 24.0 Å². The van der Waals surface area contributed by atoms with Crippen LogP contribution in [0.1, 0.15) is 34.1 Å². The molecule has 164 valence electrons. The number of ether oxygens (including phenoxy) is 1. The summed E-state index contributed by atoms with van der Waals surface area (Å²) in [7, 11) is 0. The van der Waals surface area contributed by atoms with E-state index in [1.807, 2.05) is 26.8 Å². The summed E-state index contributed by atoms with van der Waals surface area (Å²) in [5, 5.41) is 6.12. The monoisotopic (exact) mass is 519 g/mol. The summed E-state index contributed by atoms with van der Waals surface area (Å²) in [4.78, 5) is 29.4. The van der Waals surface area contributed by atoms with Gasteiger partial charge < -0.3 is 25.2 Å². The summed E-state index contributed by atoms with van der Waals surface area (Å²) < 4.78 is 5.22. The number of hydrogen-bond donors (Lipinski definition) is 2. The van der Waals surface area contributed by atoms with E-state index in [0.717, 1.165) is 51.1 Å². The Hall–Kier alpha value is -1.85. The van der Waals surface area contributed by atoms with Crippen LogP contribution in [0.25, 0.3) is 0 Å². The highest BCUT2D eigenvalue weighted by Crippen LogP contribution is 2.10. The standard InChI is InChI=1S/C19H33N7O2.HI/c1-5-20-16(21-10-7-11-24-18(27)28-19(2,3)4)25-12-14-26(15-13-25)17-22-8-6-9-23-17;/h6,8-9H,5,7,10-15H2,1-4H3,(H,20,21)(H,24,27);1H. The van der Waals surface area contributed by atoms with Crippen molar-refractivity contribution in [3.63, 3.8) is 0 Å². The van der Waals surface area contributed by atoms with Gasteiger partial charge in [0.25, 0.3) is 0 Å². The maximum absolute atomic E-state index is 11.6. The van der Waals surface area contributed by atoms with E-state index in [1.165, 1.54) is 0 Å². The largest absolute Gasteiger partial charge is 0.444 e. The fourth-order valence-electron chi connectivity index (χ4n) is 2.77. The SMILES string of the molecule is CCNC(=NCCCNC(=O)OC(C)(C)C)N1CCN(c2ncccn2)CC1.I. The Morgan fingerprint density at radius 1 is 1.17 bits per heavy atom. The number of aliphatic imine (C=N–C) groups is 1. The minimum absolute atomic E-state index is 0. The molecule has 1 aromatic rings. The lowest BCUT2D eigenvalue weighted by Gasteiger charge is -2.36. The van der Waals surface area contributed by atoms with Gasteiger partial charge >= 0.3 is 6.09 Å². The summed E-state index contributed by atoms with van der Waals surface area (Å²) in [5.41, 5.74) is -0.479. The highest BCUT2D eigenvalue weighted by Gasteiger charge is 2.21. The molecule has 10 heteroatoms. The van der Waals surface area contributed by atoms with Crippen molar-refractivity contribution in [2.75, 3.05) is 50.7 Å². The average Bonchev–Trinajstić information content (AvgIpc) is 2.66. The van der Waals surface area contributed by atoms with Gasteiger partial charge in [0.05, 0.1) is 0 Å². The summed E-state index contributed by atoms with van der Waals surface area (Å²) in [6, 6.07) is 1.83. The zero-order valence-electron chi connectivity index (χ0n) is 17.8. The van der Waals surface area contributed by atoms with Crippen LogP contribution in [-0.4, -0.2) is 78.3 Å². The van der Waals surface area contributed by atoms with Gasteiger partial charge in [0.1, 0.15) is 5.60 Å². The lowest BCUT2D eigenvalue weighted by Crippen LogP contribution is -2.53. The number of guanidine groups is 1. The Kier molecular flexibility index (Phi) is 11.0. The molecule has 0 radical (unpaired) electrons. The van der Waals surface area contributed by atoms with Crippen molar-refractivity contribution in [2.24, 2.45) is 4.99 Å². The van der Waals surface area contributed by atoms with Crippen LogP contribution < -0.4 is 15.5 Å². The summed E-state index contributed by atoms with van der Waals surface area (Å²) in [6.07, 6.45) is 3.91. The van der Waals surface area contributed by atoms with Crippen molar-refractivity contribution < 1.29 is 9.53 Å². The second-order valence-electron chi connectivity index (χ2n) is 7.54. The summed E-state index contributed by atoms with van der Waals surface area (Å²) in [5.74, 6) is 1.69. The molecule has 1 fully saturated rings. The molecule has 0 aliphatic carbocycles. The predicted octanol–water partition coefficient (Wildman–Crippen LogP) is 2.10. The number of carbonyl (C=O) groups is 1. The third-order valence-electron chi connectivity index (χ3n) is 4.01. The van der Waals surface area contributed by atoms with Gasteiger partial charge in [-0.1, -0.05) is 0 Å². The van der Waals surface area contributed by atoms with Crippen LogP contribution in [0.2, 0.25) is 0 Å². The number of piperazine rings is 1. The van der Waals surface area contributed by atoms with E-state index in [2.05, 4.69) is 37.3 Å². The predicted molar refractivity (Wildman–Crippen MR) is 126 cm³/mol. The lowest BCUT2D eigenvalue weighted by atomic mass is 10.2. The first-order chi connectivity index (χ1) is 13.4. The van der Waals surface area contributed by atoms with E-state index in [1.54, 1.807) is 12.4 Å². The van der Waals surface area contributed by atoms with Crippen molar-refractivity contribution in [1.29, 1.82) is 0 Å². The number of anilines is 1. The van der Waals surface area contributed by atoms with Gasteiger partial charge in [0.15, 0.2) is 5.96 Å². The highest BCUT2D eigenvalue weighted by molar-refractivity contribution is 14.0. The number of halogens is 1. The second-order valence-corrected chi connectivity index (χ2v) is 7.54. The molecule has 0 spiro atoms. The Labute approximate surface area is 190 Å². The molecule has 0 saturated carbocycles. The van der Waals surface area contributed by atoms with Gasteiger partial charge in [-0.3, -0.25) is 4.99 Å². The summed E-state index contributed by atoms with van der Waals surface area (Å²) >= 11 is 0. The van der Waals surface area contributed by atoms with E-state index in [4.69, 9.17) is 9.73 Å². The molecule has 1 amide bonds. The molecule has 1 aromatic heterocycles. The lowest BCUT2D eigenvalue weighted by molar-refractivity contribution is 0.0527. The van der Waals surface area contributed by atoms with E-state index in [0.29, 0.717) is 13.1 Å². The number of carbonyl (C=O) groups excluding carboxylic acids is 1. The molecule has 1 saturated heterocycles. The quantitative estimate of drug-likeness (QED) is 0.257. The minimum Gasteiger partial charge on any atom is -0.444 e. The molecule has 1 aliphatic rings. The maximum Gasteiger partial charge on any atom is 0.407 e. The topological polar surface area (TPSA) is 95.0 Å². The molecule has 29 heavy (non-hydrogen) atoms. The molecular weight excluding hydrogens is 485 g/mol. The molecule has 9 nitrogen and oxygen atoms in total. The number of hydrogen-bond acceptors (Lipinski definition) is 6. The average molecular weight is 519 g/mol. The van der Waals surface area contributed by atoms with E-state index >= 15 is 0 Å². The minimum atomic E-state index is -0.479. The van der Waals surface area contributed by atoms with E-state index in [-0.39, 0.29) is 30.1 Å². The maximum atomic E-state index is 11.6. The smallest absolute Gasteiger partial charge is 0.407 e. The normalized spacial score (nSPS) is 14.8. The molecule has 1 aliphatic heterocycles. The third-order valence-corrected chi connectivity index (χ3v) is 4.01. The van der Waals surface area contributed by atoms with Gasteiger partial charge in [-0.15, -0.1) is 24.0 Å². The van der Waals surface area contributed by atoms with Crippen LogP contribution in [0.3, 0.4) is 0 Å². The Morgan fingerprint density at radius 3 is 2.41 bits per heavy atom. The second kappa shape index (κ2) is 12.7. The number of rotatable bonds is 6. The first-order valence-corrected chi connectivity index (χ1v) is 9.91. The molecule has 0 bridgehead atoms. The number of nitrogens with zero attached hydrogens (tertiary/aromatic N) is 5. The molecule has 2 heterocycles. The molecule has 0 unspecified atom stereocenters. The van der Waals surface area contributed by atoms with Gasteiger partial charge in [0, 0.05) is 58.2 Å². The molecular formula is C19H34IN7O2. The number of amides is 1. The van der Waals surface area contributed by atoms with Gasteiger partial charge in [-0.25, -0.2) is 14.8 Å². The van der Waals surface area contributed by atoms with Gasteiger partial charge in [-0.2, -0.15) is 0 Å². The van der Waals surface area contributed by atoms with Crippen molar-refractivity contribution in [1.82, 2.24) is 25.5 Å². The summed E-state index contributed by atoms with van der Waals surface area (Å²) in [6.45, 7) is 13.0. The van der Waals surface area contributed by atoms with Gasteiger partial charge in [0.2, 0.25) is 5.95 Å². The highest BCUT2D eigenvalue weighted by atomic mass is 127. The number of aromatic nitrogens is 2. The number of nitrogens with one attached hydrogen (secondary N) is 2. The fourth-order valence-corrected chi connectivity index (χ4v) is 2.77. The van der Waals surface area contributed by atoms with Crippen molar-refractivity contribution >= 4 is 42.0 Å². The molecule has 2 rings (SSSR count). The molecule has 2 N–H and O–H groups in total. The van der Waals surface area contributed by atoms with Crippen LogP contribution in [0.4, 0.5) is 10.7 Å². The molecule has 0 atom stereocenters. The van der Waals surface area contributed by atoms with Crippen molar-refractivity contribution in [3.05, 3.63) is 18.5 Å². The van der Waals surface area contributed by atoms with Crippen molar-refractivity contribution in [3.8, 4) is 0 Å². The first kappa shape index (κ1) is 25.2. The third kappa shape index (κ3) is 9.46. The number of alkyl carbamates (subject to hydrolysis) is 1. The Balaban J connectivity index is 0.00000420. The zero-order chi connectivity index (χ0) is 20.4.